The summed E-state index contributed by atoms with van der Waals surface area (Å²) >= 11 is 4.10. The van der Waals surface area contributed by atoms with Crippen molar-refractivity contribution in [3.63, 3.8) is 0 Å². The van der Waals surface area contributed by atoms with Crippen LogP contribution in [0.1, 0.15) is 5.69 Å². The highest BCUT2D eigenvalue weighted by molar-refractivity contribution is 8.00. The van der Waals surface area contributed by atoms with Gasteiger partial charge in [0.05, 0.1) is 11.7 Å². The van der Waals surface area contributed by atoms with Gasteiger partial charge in [-0.15, -0.1) is 35.5 Å². The van der Waals surface area contributed by atoms with Crippen molar-refractivity contribution in [3.8, 4) is 0 Å². The number of carbonyl (C=O) groups excluding carboxylic acids is 3. The highest BCUT2D eigenvalue weighted by Crippen LogP contribution is 2.40. The second kappa shape index (κ2) is 13.6. The molecule has 3 aromatic rings. The monoisotopic (exact) mass is 650 g/mol. The van der Waals surface area contributed by atoms with Crippen LogP contribution in [0.15, 0.2) is 70.1 Å². The van der Waals surface area contributed by atoms with Crippen molar-refractivity contribution < 1.29 is 28.9 Å². The molecular weight excluding hydrogens is 624 g/mol. The molecule has 42 heavy (non-hydrogen) atoms. The molecule has 0 unspecified atom stereocenters. The molecule has 2 aliphatic rings. The van der Waals surface area contributed by atoms with E-state index in [1.165, 1.54) is 22.7 Å². The number of oxime groups is 1. The lowest BCUT2D eigenvalue weighted by Crippen LogP contribution is -2.71. The van der Waals surface area contributed by atoms with Crippen molar-refractivity contribution in [1.82, 2.24) is 19.6 Å². The molecule has 0 aromatic carbocycles. The van der Waals surface area contributed by atoms with Crippen LogP contribution in [0.5, 0.6) is 0 Å². The van der Waals surface area contributed by atoms with E-state index < -0.39 is 29.2 Å². The maximum Gasteiger partial charge on any atom is 0.287 e. The number of carbonyl (C=O) groups is 3. The minimum atomic E-state index is -1.45. The standard InChI is InChI=1S/C25H26N8O5S3.ClH/c1-2-9-38-30-18(15-13-41-25(27)28-15)21(34)29-19-22(35)33-20(24(36)37)14(12-40-23(19)33)11-31-7-8-32-16(31)4-3-5-17(32)39-10-6-26;/h2-5,7-8,13,19,23H,1,6,9-12,26H2,(H3-,27,28,29,34,36,37);1H/b30-18-;/t19-,23-;/m1./s1. The van der Waals surface area contributed by atoms with Crippen molar-refractivity contribution in [2.24, 2.45) is 10.9 Å². The van der Waals surface area contributed by atoms with Gasteiger partial charge in [0.25, 0.3) is 17.5 Å². The number of imidazole rings is 1. The third kappa shape index (κ3) is 6.12. The summed E-state index contributed by atoms with van der Waals surface area (Å²) in [6.45, 7) is 4.38. The zero-order valence-electron chi connectivity index (χ0n) is 22.0. The molecule has 5 rings (SSSR count). The molecule has 1 saturated heterocycles. The summed E-state index contributed by atoms with van der Waals surface area (Å²) in [5.74, 6) is -1.64. The average Bonchev–Trinajstić information content (AvgIpc) is 3.58. The number of amides is 2. The van der Waals surface area contributed by atoms with E-state index in [1.807, 2.05) is 39.6 Å². The van der Waals surface area contributed by atoms with Crippen LogP contribution in [-0.2, 0) is 25.8 Å². The molecule has 13 nitrogen and oxygen atoms in total. The fourth-order valence-corrected chi connectivity index (χ4v) is 7.15. The summed E-state index contributed by atoms with van der Waals surface area (Å²) in [4.78, 5) is 49.0. The molecule has 5 heterocycles. The molecule has 0 bridgehead atoms. The number of hydrogen-bond acceptors (Lipinski definition) is 12. The second-order valence-electron chi connectivity index (χ2n) is 8.85. The number of β-lactam (4-membered cyclic amide) rings is 1. The van der Waals surface area contributed by atoms with Gasteiger partial charge in [-0.25, -0.2) is 9.55 Å². The van der Waals surface area contributed by atoms with Crippen LogP contribution in [0.25, 0.3) is 5.65 Å². The van der Waals surface area contributed by atoms with Crippen molar-refractivity contribution in [2.75, 3.05) is 30.4 Å². The van der Waals surface area contributed by atoms with Gasteiger partial charge in [0, 0.05) is 35.1 Å². The van der Waals surface area contributed by atoms with Crippen molar-refractivity contribution >= 4 is 81.5 Å². The highest BCUT2D eigenvalue weighted by Gasteiger charge is 2.53. The molecule has 2 amide bonds. The van der Waals surface area contributed by atoms with Gasteiger partial charge < -0.3 is 31.5 Å². The molecule has 0 saturated carbocycles. The van der Waals surface area contributed by atoms with E-state index in [1.54, 1.807) is 17.1 Å². The molecule has 17 heteroatoms. The Hall–Kier alpha value is -3.57. The molecule has 2 atom stereocenters. The number of nitrogens with zero attached hydrogens (tertiary/aromatic N) is 5. The number of nitrogen functional groups attached to an aromatic ring is 1. The fraction of sp³-hybridized carbons (Fsp3) is 0.280. The van der Waals surface area contributed by atoms with Gasteiger partial charge in [0.2, 0.25) is 0 Å². The van der Waals surface area contributed by atoms with Crippen molar-refractivity contribution in [2.45, 2.75) is 23.0 Å². The van der Waals surface area contributed by atoms with Crippen LogP contribution < -0.4 is 26.5 Å². The lowest BCUT2D eigenvalue weighted by Gasteiger charge is -2.50. The first-order valence-electron chi connectivity index (χ1n) is 12.4. The summed E-state index contributed by atoms with van der Waals surface area (Å²) in [7, 11) is 0. The Kier molecular flexibility index (Phi) is 10.2. The predicted molar refractivity (Wildman–Crippen MR) is 161 cm³/mol. The Morgan fingerprint density at radius 3 is 2.90 bits per heavy atom. The quantitative estimate of drug-likeness (QED) is 0.0449. The van der Waals surface area contributed by atoms with Crippen LogP contribution in [0, 0.1) is 0 Å². The summed E-state index contributed by atoms with van der Waals surface area (Å²) in [5.41, 5.74) is 12.6. The van der Waals surface area contributed by atoms with E-state index >= 15 is 0 Å². The first-order valence-corrected chi connectivity index (χ1v) is 15.3. The van der Waals surface area contributed by atoms with E-state index in [-0.39, 0.29) is 47.8 Å². The first kappa shape index (κ1) is 31.4. The first-order chi connectivity index (χ1) is 19.8. The minimum Gasteiger partial charge on any atom is -0.543 e. The van der Waals surface area contributed by atoms with E-state index in [0.717, 1.165) is 27.8 Å². The van der Waals surface area contributed by atoms with Gasteiger partial charge in [-0.1, -0.05) is 29.6 Å². The molecule has 3 aromatic heterocycles. The maximum atomic E-state index is 13.2. The third-order valence-electron chi connectivity index (χ3n) is 6.24. The van der Waals surface area contributed by atoms with E-state index in [9.17, 15) is 19.5 Å². The van der Waals surface area contributed by atoms with Gasteiger partial charge >= 0.3 is 0 Å². The van der Waals surface area contributed by atoms with Crippen LogP contribution in [0.2, 0.25) is 0 Å². The lowest BCUT2D eigenvalue weighted by atomic mass is 10.0. The SMILES string of the molecule is C=CCO/N=C(\C(=O)N[C@@H]1C(=O)N2C(C(=O)[O-])=C(C[n+]3ccn4c(SCCN)cccc43)CS[C@H]12)c1csc(N)n1.Cl. The number of thioether (sulfide) groups is 2. The Bertz CT molecular complexity index is 1590. The topological polar surface area (TPSA) is 184 Å². The molecule has 0 spiro atoms. The Balaban J connectivity index is 0.00000405. The molecule has 2 aliphatic heterocycles. The Morgan fingerprint density at radius 1 is 1.40 bits per heavy atom. The number of nitrogens with two attached hydrogens (primary N) is 2. The smallest absolute Gasteiger partial charge is 0.287 e. The van der Waals surface area contributed by atoms with Crippen LogP contribution in [0.3, 0.4) is 0 Å². The summed E-state index contributed by atoms with van der Waals surface area (Å²) < 4.78 is 3.92. The van der Waals surface area contributed by atoms with Crippen LogP contribution in [-0.4, -0.2) is 73.9 Å². The fourth-order valence-electron chi connectivity index (χ4n) is 4.48. The molecular formula is C25H27ClN8O5S3. The Morgan fingerprint density at radius 2 is 2.21 bits per heavy atom. The number of carboxylic acid groups (broad SMARTS) is 1. The minimum absolute atomic E-state index is 0. The van der Waals surface area contributed by atoms with Crippen LogP contribution in [0.4, 0.5) is 5.13 Å². The van der Waals surface area contributed by atoms with Crippen LogP contribution >= 0.6 is 47.3 Å². The van der Waals surface area contributed by atoms with Crippen molar-refractivity contribution in [1.29, 1.82) is 0 Å². The number of fused-ring (bicyclic) bond motifs is 2. The largest absolute Gasteiger partial charge is 0.543 e. The molecule has 1 fully saturated rings. The normalized spacial score (nSPS) is 18.3. The van der Waals surface area contributed by atoms with E-state index in [2.05, 4.69) is 22.0 Å². The maximum absolute atomic E-state index is 13.2. The number of aromatic nitrogens is 3. The zero-order valence-corrected chi connectivity index (χ0v) is 25.3. The zero-order chi connectivity index (χ0) is 29.1. The van der Waals surface area contributed by atoms with Gasteiger partial charge in [0.15, 0.2) is 15.9 Å². The van der Waals surface area contributed by atoms with Gasteiger partial charge in [-0.05, 0) is 12.1 Å². The molecule has 5 N–H and O–H groups in total. The molecule has 222 valence electrons. The molecule has 0 radical (unpaired) electrons. The number of rotatable bonds is 12. The predicted octanol–water partition coefficient (Wildman–Crippen LogP) is -0.251. The number of aliphatic carboxylic acids is 1. The summed E-state index contributed by atoms with van der Waals surface area (Å²) in [6.07, 6.45) is 5.22. The summed E-state index contributed by atoms with van der Waals surface area (Å²) in [6, 6.07) is 4.87. The number of pyridine rings is 1. The number of nitrogens with one attached hydrogen (secondary N) is 1. The number of anilines is 1. The van der Waals surface area contributed by atoms with Gasteiger partial charge in [-0.3, -0.25) is 14.5 Å². The summed E-state index contributed by atoms with van der Waals surface area (Å²) in [5, 5.41) is 20.9. The van der Waals surface area contributed by atoms with Crippen molar-refractivity contribution in [3.05, 3.63) is 65.6 Å². The van der Waals surface area contributed by atoms with Gasteiger partial charge in [0.1, 0.15) is 42.7 Å². The molecule has 0 aliphatic carbocycles. The lowest BCUT2D eigenvalue weighted by molar-refractivity contribution is -0.662. The average molecular weight is 651 g/mol. The number of halogens is 1. The number of thiazole rings is 1. The number of hydrogen-bond donors (Lipinski definition) is 3. The second-order valence-corrected chi connectivity index (χ2v) is 12.0. The van der Waals surface area contributed by atoms with Gasteiger partial charge in [-0.2, -0.15) is 4.40 Å². The Labute approximate surface area is 259 Å². The third-order valence-corrected chi connectivity index (χ3v) is 9.32. The van der Waals surface area contributed by atoms with E-state index in [0.29, 0.717) is 17.9 Å². The highest BCUT2D eigenvalue weighted by atomic mass is 35.5. The van der Waals surface area contributed by atoms with E-state index in [4.69, 9.17) is 16.3 Å². The number of carboxylic acids is 1.